The Morgan fingerprint density at radius 1 is 1.08 bits per heavy atom. The fourth-order valence-electron chi connectivity index (χ4n) is 4.84. The van der Waals surface area contributed by atoms with Crippen molar-refractivity contribution in [2.75, 3.05) is 25.5 Å². The van der Waals surface area contributed by atoms with E-state index in [0.29, 0.717) is 5.56 Å². The van der Waals surface area contributed by atoms with Crippen molar-refractivity contribution in [2.45, 2.75) is 33.6 Å². The number of Topliss-reactive ketones (excluding diaryl/α,β-unsaturated/α-hetero) is 2. The summed E-state index contributed by atoms with van der Waals surface area (Å²) in [5, 5.41) is 34.4. The summed E-state index contributed by atoms with van der Waals surface area (Å²) in [7, 11) is 3.04. The first-order valence-electron chi connectivity index (χ1n) is 11.8. The van der Waals surface area contributed by atoms with Crippen LogP contribution in [0.5, 0.6) is 17.2 Å². The van der Waals surface area contributed by atoms with E-state index in [-0.39, 0.29) is 34.5 Å². The molecular weight excluding hydrogens is 478 g/mol. The third kappa shape index (κ3) is 4.96. The molecule has 2 amide bonds. The molecule has 0 spiro atoms. The Balaban J connectivity index is 2.24. The maximum Gasteiger partial charge on any atom is 0.256 e. The van der Waals surface area contributed by atoms with Gasteiger partial charge in [0.15, 0.2) is 17.3 Å². The lowest BCUT2D eigenvalue weighted by Crippen LogP contribution is -2.48. The standard InChI is InChI=1S/C27H33N3O7/c1-12-13-8-7-9-15(31)18(13)23(34)20(26(37)29-11-27(2,3)4)17(12)22(33)14-10-16(32)19(25(28)36)24(35)21(14)30(5)6/h7-10,12,17,20,31-32,35H,11H2,1-6H3,(H2,28,36)(H,29,37). The van der Waals surface area contributed by atoms with E-state index < -0.39 is 58.2 Å². The number of benzene rings is 2. The van der Waals surface area contributed by atoms with Gasteiger partial charge in [0.25, 0.3) is 5.91 Å². The van der Waals surface area contributed by atoms with Crippen LogP contribution in [0.25, 0.3) is 0 Å². The highest BCUT2D eigenvalue weighted by atomic mass is 16.3. The van der Waals surface area contributed by atoms with E-state index in [1.165, 1.54) is 25.1 Å². The van der Waals surface area contributed by atoms with Crippen molar-refractivity contribution in [3.63, 3.8) is 0 Å². The molecule has 0 fully saturated rings. The summed E-state index contributed by atoms with van der Waals surface area (Å²) in [6.45, 7) is 7.60. The smallest absolute Gasteiger partial charge is 0.256 e. The van der Waals surface area contributed by atoms with Crippen LogP contribution >= 0.6 is 0 Å². The molecule has 10 nitrogen and oxygen atoms in total. The minimum absolute atomic E-state index is 0.0161. The molecule has 0 aromatic heterocycles. The number of carbonyl (C=O) groups is 4. The van der Waals surface area contributed by atoms with Gasteiger partial charge in [0.05, 0.1) is 11.3 Å². The first-order chi connectivity index (χ1) is 17.1. The van der Waals surface area contributed by atoms with Gasteiger partial charge in [-0.25, -0.2) is 0 Å². The van der Waals surface area contributed by atoms with Crippen LogP contribution in [0, 0.1) is 17.3 Å². The average molecular weight is 512 g/mol. The molecule has 0 radical (unpaired) electrons. The van der Waals surface area contributed by atoms with E-state index in [1.807, 2.05) is 20.8 Å². The summed E-state index contributed by atoms with van der Waals surface area (Å²) >= 11 is 0. The number of nitrogens with one attached hydrogen (secondary N) is 1. The van der Waals surface area contributed by atoms with Crippen LogP contribution in [-0.2, 0) is 4.79 Å². The molecule has 3 atom stereocenters. The lowest BCUT2D eigenvalue weighted by Gasteiger charge is -2.36. The number of hydrogen-bond donors (Lipinski definition) is 5. The Morgan fingerprint density at radius 3 is 2.24 bits per heavy atom. The zero-order valence-corrected chi connectivity index (χ0v) is 21.7. The second kappa shape index (κ2) is 9.76. The van der Waals surface area contributed by atoms with Crippen molar-refractivity contribution in [3.05, 3.63) is 46.5 Å². The molecule has 2 aromatic rings. The maximum absolute atomic E-state index is 14.1. The van der Waals surface area contributed by atoms with Gasteiger partial charge in [-0.15, -0.1) is 0 Å². The molecule has 0 heterocycles. The largest absolute Gasteiger partial charge is 0.507 e. The fraction of sp³-hybridized carbons (Fsp3) is 0.407. The van der Waals surface area contributed by atoms with Crippen molar-refractivity contribution in [1.82, 2.24) is 5.32 Å². The number of nitrogens with zero attached hydrogens (tertiary/aromatic N) is 1. The normalized spacial score (nSPS) is 19.2. The lowest BCUT2D eigenvalue weighted by molar-refractivity contribution is -0.125. The van der Waals surface area contributed by atoms with Gasteiger partial charge in [0.1, 0.15) is 23.0 Å². The predicted molar refractivity (Wildman–Crippen MR) is 137 cm³/mol. The number of ketones is 2. The number of amides is 2. The van der Waals surface area contributed by atoms with Crippen LogP contribution in [0.3, 0.4) is 0 Å². The molecule has 0 saturated heterocycles. The van der Waals surface area contributed by atoms with Gasteiger partial charge in [-0.1, -0.05) is 39.8 Å². The Labute approximate surface area is 215 Å². The number of phenolic OH excluding ortho intramolecular Hbond substituents is 1. The maximum atomic E-state index is 14.1. The van der Waals surface area contributed by atoms with E-state index in [4.69, 9.17) is 5.73 Å². The van der Waals surface area contributed by atoms with E-state index in [9.17, 15) is 34.5 Å². The number of phenols is 3. The summed E-state index contributed by atoms with van der Waals surface area (Å²) in [4.78, 5) is 54.4. The van der Waals surface area contributed by atoms with Crippen molar-refractivity contribution in [3.8, 4) is 17.2 Å². The monoisotopic (exact) mass is 511 g/mol. The summed E-state index contributed by atoms with van der Waals surface area (Å²) in [5.41, 5.74) is 4.55. The molecule has 0 aliphatic heterocycles. The first-order valence-corrected chi connectivity index (χ1v) is 11.8. The number of nitrogens with two attached hydrogens (primary N) is 1. The molecule has 0 bridgehead atoms. The minimum atomic E-state index is -1.49. The van der Waals surface area contributed by atoms with Gasteiger partial charge < -0.3 is 31.3 Å². The Bertz CT molecular complexity index is 1290. The quantitative estimate of drug-likeness (QED) is 0.291. The SMILES string of the molecule is CC1c2cccc(O)c2C(=O)C(C(=O)NCC(C)(C)C)C1C(=O)c1cc(O)c(C(N)=O)c(O)c1N(C)C. The van der Waals surface area contributed by atoms with Crippen LogP contribution in [-0.4, -0.2) is 59.3 Å². The van der Waals surface area contributed by atoms with Gasteiger partial charge in [0.2, 0.25) is 5.91 Å². The number of fused-ring (bicyclic) bond motifs is 1. The number of hydrogen-bond acceptors (Lipinski definition) is 8. The molecule has 1 aliphatic carbocycles. The Hall–Kier alpha value is -4.08. The van der Waals surface area contributed by atoms with Crippen LogP contribution in [0.15, 0.2) is 24.3 Å². The molecule has 3 unspecified atom stereocenters. The summed E-state index contributed by atoms with van der Waals surface area (Å²) in [6.07, 6.45) is 0. The summed E-state index contributed by atoms with van der Waals surface area (Å²) in [5.74, 6) is -8.28. The molecular formula is C27H33N3O7. The lowest BCUT2D eigenvalue weighted by atomic mass is 9.65. The summed E-state index contributed by atoms with van der Waals surface area (Å²) < 4.78 is 0. The molecule has 1 aliphatic rings. The topological polar surface area (TPSA) is 170 Å². The third-order valence-corrected chi connectivity index (χ3v) is 6.58. The van der Waals surface area contributed by atoms with E-state index in [2.05, 4.69) is 5.32 Å². The van der Waals surface area contributed by atoms with Crippen molar-refractivity contribution < 1.29 is 34.5 Å². The molecule has 10 heteroatoms. The number of primary amides is 1. The van der Waals surface area contributed by atoms with Crippen molar-refractivity contribution in [1.29, 1.82) is 0 Å². The fourth-order valence-corrected chi connectivity index (χ4v) is 4.84. The number of anilines is 1. The second-order valence-electron chi connectivity index (χ2n) is 10.8. The predicted octanol–water partition coefficient (Wildman–Crippen LogP) is 2.55. The Kier molecular flexibility index (Phi) is 7.26. The minimum Gasteiger partial charge on any atom is -0.507 e. The zero-order valence-electron chi connectivity index (χ0n) is 21.7. The van der Waals surface area contributed by atoms with Crippen LogP contribution in [0.2, 0.25) is 0 Å². The molecule has 198 valence electrons. The van der Waals surface area contributed by atoms with Gasteiger partial charge in [-0.3, -0.25) is 19.2 Å². The number of carbonyl (C=O) groups excluding carboxylic acids is 4. The number of rotatable bonds is 6. The highest BCUT2D eigenvalue weighted by molar-refractivity contribution is 6.19. The molecule has 3 rings (SSSR count). The molecule has 37 heavy (non-hydrogen) atoms. The van der Waals surface area contributed by atoms with Gasteiger partial charge in [-0.2, -0.15) is 0 Å². The average Bonchev–Trinajstić information content (AvgIpc) is 2.77. The molecule has 0 saturated carbocycles. The first kappa shape index (κ1) is 27.5. The van der Waals surface area contributed by atoms with Crippen LogP contribution < -0.4 is 16.0 Å². The molecule has 2 aromatic carbocycles. The van der Waals surface area contributed by atoms with E-state index in [1.54, 1.807) is 19.1 Å². The Morgan fingerprint density at radius 2 is 1.70 bits per heavy atom. The van der Waals surface area contributed by atoms with Crippen molar-refractivity contribution in [2.24, 2.45) is 23.0 Å². The molecule has 6 N–H and O–H groups in total. The zero-order chi connectivity index (χ0) is 28.0. The summed E-state index contributed by atoms with van der Waals surface area (Å²) in [6, 6.07) is 5.51. The van der Waals surface area contributed by atoms with Crippen LogP contribution in [0.1, 0.15) is 70.3 Å². The van der Waals surface area contributed by atoms with Crippen LogP contribution in [0.4, 0.5) is 5.69 Å². The van der Waals surface area contributed by atoms with E-state index >= 15 is 0 Å². The third-order valence-electron chi connectivity index (χ3n) is 6.58. The highest BCUT2D eigenvalue weighted by Crippen LogP contribution is 2.47. The van der Waals surface area contributed by atoms with E-state index in [0.717, 1.165) is 6.07 Å². The number of aromatic hydroxyl groups is 3. The van der Waals surface area contributed by atoms with Crippen molar-refractivity contribution >= 4 is 29.1 Å². The second-order valence-corrected chi connectivity index (χ2v) is 10.8. The highest BCUT2D eigenvalue weighted by Gasteiger charge is 2.49. The van der Waals surface area contributed by atoms with Gasteiger partial charge in [0, 0.05) is 32.1 Å². The van der Waals surface area contributed by atoms with Gasteiger partial charge >= 0.3 is 0 Å². The van der Waals surface area contributed by atoms with Gasteiger partial charge in [-0.05, 0) is 29.0 Å².